The first-order chi connectivity index (χ1) is 10.3. The minimum Gasteiger partial charge on any atom is -0.356 e. The average Bonchev–Trinajstić information content (AvgIpc) is 3.12. The Hall–Kier alpha value is -1.79. The summed E-state index contributed by atoms with van der Waals surface area (Å²) in [6.45, 7) is 2.84. The standard InChI is InChI=1S/C15H16N4OS/c1-10-16-12-6-5-11(8-14(12)21-10)13-9-19(18-17-13)15-4-2-3-7-20-15/h5-6,8-9,15H,2-4,7H2,1H3. The maximum atomic E-state index is 5.74. The molecule has 0 aliphatic carbocycles. The fourth-order valence-corrected chi connectivity index (χ4v) is 3.55. The van der Waals surface area contributed by atoms with Gasteiger partial charge < -0.3 is 4.74 Å². The molecule has 4 rings (SSSR count). The molecule has 108 valence electrons. The maximum Gasteiger partial charge on any atom is 0.151 e. The monoisotopic (exact) mass is 300 g/mol. The van der Waals surface area contributed by atoms with Crippen molar-refractivity contribution in [2.75, 3.05) is 6.61 Å². The summed E-state index contributed by atoms with van der Waals surface area (Å²) in [5.41, 5.74) is 3.01. The lowest BCUT2D eigenvalue weighted by atomic mass is 10.1. The molecule has 3 aromatic rings. The third kappa shape index (κ3) is 2.45. The normalized spacial score (nSPS) is 19.2. The van der Waals surface area contributed by atoms with Crippen molar-refractivity contribution in [3.8, 4) is 11.3 Å². The first kappa shape index (κ1) is 12.9. The van der Waals surface area contributed by atoms with Gasteiger partial charge in [-0.2, -0.15) is 0 Å². The van der Waals surface area contributed by atoms with Crippen molar-refractivity contribution in [2.24, 2.45) is 0 Å². The van der Waals surface area contributed by atoms with Crippen molar-refractivity contribution in [3.05, 3.63) is 29.4 Å². The molecule has 1 unspecified atom stereocenters. The van der Waals surface area contributed by atoms with Crippen molar-refractivity contribution >= 4 is 21.6 Å². The van der Waals surface area contributed by atoms with Crippen LogP contribution in [0.2, 0.25) is 0 Å². The smallest absolute Gasteiger partial charge is 0.151 e. The predicted molar refractivity (Wildman–Crippen MR) is 82.2 cm³/mol. The van der Waals surface area contributed by atoms with Gasteiger partial charge in [-0.25, -0.2) is 9.67 Å². The summed E-state index contributed by atoms with van der Waals surface area (Å²) in [7, 11) is 0. The SMILES string of the molecule is Cc1nc2ccc(-c3cn(C4CCCCO4)nn3)cc2s1. The van der Waals surface area contributed by atoms with Gasteiger partial charge in [0.05, 0.1) is 21.4 Å². The molecule has 0 N–H and O–H groups in total. The van der Waals surface area contributed by atoms with Crippen molar-refractivity contribution in [2.45, 2.75) is 32.4 Å². The Labute approximate surface area is 126 Å². The van der Waals surface area contributed by atoms with E-state index in [1.54, 1.807) is 11.3 Å². The molecule has 0 saturated carbocycles. The molecule has 1 aliphatic heterocycles. The van der Waals surface area contributed by atoms with E-state index >= 15 is 0 Å². The van der Waals surface area contributed by atoms with Crippen LogP contribution in [0.1, 0.15) is 30.5 Å². The largest absolute Gasteiger partial charge is 0.356 e. The van der Waals surface area contributed by atoms with E-state index in [9.17, 15) is 0 Å². The lowest BCUT2D eigenvalue weighted by molar-refractivity contribution is -0.0404. The molecule has 5 nitrogen and oxygen atoms in total. The molecule has 0 radical (unpaired) electrons. The molecule has 0 amide bonds. The zero-order valence-corrected chi connectivity index (χ0v) is 12.6. The molecule has 6 heteroatoms. The summed E-state index contributed by atoms with van der Waals surface area (Å²) in [6, 6.07) is 6.23. The van der Waals surface area contributed by atoms with Crippen LogP contribution in [0, 0.1) is 6.92 Å². The molecule has 0 bridgehead atoms. The van der Waals surface area contributed by atoms with Crippen LogP contribution in [0.3, 0.4) is 0 Å². The second kappa shape index (κ2) is 5.20. The fourth-order valence-electron chi connectivity index (χ4n) is 2.68. The lowest BCUT2D eigenvalue weighted by Crippen LogP contribution is -2.18. The molecule has 21 heavy (non-hydrogen) atoms. The number of benzene rings is 1. The van der Waals surface area contributed by atoms with Gasteiger partial charge in [0.15, 0.2) is 6.23 Å². The van der Waals surface area contributed by atoms with E-state index in [-0.39, 0.29) is 6.23 Å². The number of hydrogen-bond acceptors (Lipinski definition) is 5. The van der Waals surface area contributed by atoms with Crippen LogP contribution in [-0.4, -0.2) is 26.6 Å². The molecule has 1 saturated heterocycles. The first-order valence-corrected chi connectivity index (χ1v) is 8.02. The number of hydrogen-bond donors (Lipinski definition) is 0. The molecule has 1 aromatic carbocycles. The van der Waals surface area contributed by atoms with Crippen LogP contribution in [-0.2, 0) is 4.74 Å². The lowest BCUT2D eigenvalue weighted by Gasteiger charge is -2.21. The van der Waals surface area contributed by atoms with Gasteiger partial charge in [-0.1, -0.05) is 11.3 Å². The van der Waals surface area contributed by atoms with E-state index < -0.39 is 0 Å². The highest BCUT2D eigenvalue weighted by molar-refractivity contribution is 7.18. The number of nitrogens with zero attached hydrogens (tertiary/aromatic N) is 4. The molecule has 2 aromatic heterocycles. The van der Waals surface area contributed by atoms with Crippen LogP contribution < -0.4 is 0 Å². The van der Waals surface area contributed by atoms with E-state index in [4.69, 9.17) is 4.74 Å². The third-order valence-electron chi connectivity index (χ3n) is 3.75. The minimum atomic E-state index is 0.0365. The summed E-state index contributed by atoms with van der Waals surface area (Å²) in [4.78, 5) is 4.48. The fraction of sp³-hybridized carbons (Fsp3) is 0.400. The van der Waals surface area contributed by atoms with E-state index in [0.717, 1.165) is 41.2 Å². The highest BCUT2D eigenvalue weighted by Crippen LogP contribution is 2.28. The van der Waals surface area contributed by atoms with E-state index in [0.29, 0.717) is 0 Å². The van der Waals surface area contributed by atoms with Gasteiger partial charge in [-0.15, -0.1) is 16.4 Å². The van der Waals surface area contributed by atoms with E-state index in [2.05, 4.69) is 27.4 Å². The van der Waals surface area contributed by atoms with Crippen molar-refractivity contribution < 1.29 is 4.74 Å². The minimum absolute atomic E-state index is 0.0365. The summed E-state index contributed by atoms with van der Waals surface area (Å²) >= 11 is 1.71. The van der Waals surface area contributed by atoms with Gasteiger partial charge in [0.2, 0.25) is 0 Å². The van der Waals surface area contributed by atoms with Crippen molar-refractivity contribution in [3.63, 3.8) is 0 Å². The van der Waals surface area contributed by atoms with Crippen LogP contribution >= 0.6 is 11.3 Å². The summed E-state index contributed by atoms with van der Waals surface area (Å²) in [5, 5.41) is 9.61. The Balaban J connectivity index is 1.66. The van der Waals surface area contributed by atoms with Crippen LogP contribution in [0.25, 0.3) is 21.5 Å². The van der Waals surface area contributed by atoms with Crippen LogP contribution in [0.15, 0.2) is 24.4 Å². The summed E-state index contributed by atoms with van der Waals surface area (Å²) in [5.74, 6) is 0. The van der Waals surface area contributed by atoms with Crippen molar-refractivity contribution in [1.29, 1.82) is 0 Å². The zero-order valence-electron chi connectivity index (χ0n) is 11.8. The topological polar surface area (TPSA) is 52.8 Å². The molecule has 3 heterocycles. The molecule has 1 aliphatic rings. The summed E-state index contributed by atoms with van der Waals surface area (Å²) in [6.07, 6.45) is 5.35. The van der Waals surface area contributed by atoms with Crippen LogP contribution in [0.4, 0.5) is 0 Å². The Kier molecular flexibility index (Phi) is 3.20. The molecular formula is C15H16N4OS. The summed E-state index contributed by atoms with van der Waals surface area (Å²) < 4.78 is 8.77. The second-order valence-electron chi connectivity index (χ2n) is 5.32. The number of rotatable bonds is 2. The van der Waals surface area contributed by atoms with Gasteiger partial charge in [0.1, 0.15) is 5.69 Å². The van der Waals surface area contributed by atoms with Crippen LogP contribution in [0.5, 0.6) is 0 Å². The average molecular weight is 300 g/mol. The Morgan fingerprint density at radius 3 is 3.14 bits per heavy atom. The van der Waals surface area contributed by atoms with Gasteiger partial charge in [0.25, 0.3) is 0 Å². The Morgan fingerprint density at radius 1 is 1.33 bits per heavy atom. The second-order valence-corrected chi connectivity index (χ2v) is 6.56. The van der Waals surface area contributed by atoms with Gasteiger partial charge in [-0.05, 0) is 38.3 Å². The molecule has 0 spiro atoms. The van der Waals surface area contributed by atoms with Gasteiger partial charge >= 0.3 is 0 Å². The zero-order chi connectivity index (χ0) is 14.2. The predicted octanol–water partition coefficient (Wildman–Crippen LogP) is 3.56. The van der Waals surface area contributed by atoms with E-state index in [1.165, 1.54) is 11.1 Å². The Bertz CT molecular complexity index is 773. The quantitative estimate of drug-likeness (QED) is 0.726. The number of fused-ring (bicyclic) bond motifs is 1. The van der Waals surface area contributed by atoms with Gasteiger partial charge in [0, 0.05) is 12.2 Å². The molecule has 1 atom stereocenters. The Morgan fingerprint density at radius 2 is 2.29 bits per heavy atom. The number of aryl methyl sites for hydroxylation is 1. The van der Waals surface area contributed by atoms with Crippen molar-refractivity contribution in [1.82, 2.24) is 20.0 Å². The highest BCUT2D eigenvalue weighted by atomic mass is 32.1. The highest BCUT2D eigenvalue weighted by Gasteiger charge is 2.17. The maximum absolute atomic E-state index is 5.74. The third-order valence-corrected chi connectivity index (χ3v) is 4.69. The number of ether oxygens (including phenoxy) is 1. The first-order valence-electron chi connectivity index (χ1n) is 7.20. The number of thiazole rings is 1. The van der Waals surface area contributed by atoms with E-state index in [1.807, 2.05) is 23.9 Å². The van der Waals surface area contributed by atoms with Gasteiger partial charge in [-0.3, -0.25) is 0 Å². The molecular weight excluding hydrogens is 284 g/mol. The molecule has 1 fully saturated rings. The number of aromatic nitrogens is 4.